The molecule has 2 N–H and O–H groups in total. The first-order chi connectivity index (χ1) is 10.7. The van der Waals surface area contributed by atoms with E-state index in [9.17, 15) is 13.6 Å². The van der Waals surface area contributed by atoms with Crippen LogP contribution in [-0.2, 0) is 4.74 Å². The van der Waals surface area contributed by atoms with E-state index in [1.165, 1.54) is 18.2 Å². The van der Waals surface area contributed by atoms with Gasteiger partial charge in [0, 0.05) is 6.07 Å². The largest absolute Gasteiger partial charge is 0.444 e. The van der Waals surface area contributed by atoms with Crippen LogP contribution < -0.4 is 10.6 Å². The normalized spacial score (nSPS) is 11.0. The lowest BCUT2D eigenvalue weighted by Gasteiger charge is -2.19. The fraction of sp³-hybridized carbons (Fsp3) is 0.267. The molecule has 0 aliphatic rings. The number of halogens is 2. The Bertz CT molecular complexity index is 700. The second kappa shape index (κ2) is 6.55. The maximum absolute atomic E-state index is 13.5. The van der Waals surface area contributed by atoms with E-state index in [0.29, 0.717) is 0 Å². The summed E-state index contributed by atoms with van der Waals surface area (Å²) in [5, 5.41) is 12.6. The van der Waals surface area contributed by atoms with Gasteiger partial charge in [-0.1, -0.05) is 0 Å². The van der Waals surface area contributed by atoms with Crippen LogP contribution in [0.5, 0.6) is 0 Å². The van der Waals surface area contributed by atoms with Gasteiger partial charge in [0.05, 0.1) is 5.69 Å². The number of aromatic nitrogens is 2. The van der Waals surface area contributed by atoms with Crippen molar-refractivity contribution >= 4 is 23.4 Å². The number of benzene rings is 1. The molecule has 1 aromatic heterocycles. The third-order valence-electron chi connectivity index (χ3n) is 2.49. The van der Waals surface area contributed by atoms with Crippen LogP contribution in [-0.4, -0.2) is 21.9 Å². The Morgan fingerprint density at radius 2 is 1.74 bits per heavy atom. The molecule has 0 radical (unpaired) electrons. The molecule has 1 aromatic carbocycles. The van der Waals surface area contributed by atoms with Crippen molar-refractivity contribution in [1.29, 1.82) is 0 Å². The summed E-state index contributed by atoms with van der Waals surface area (Å²) < 4.78 is 31.4. The van der Waals surface area contributed by atoms with E-state index < -0.39 is 23.3 Å². The number of nitrogens with one attached hydrogen (secondary N) is 2. The van der Waals surface area contributed by atoms with Crippen LogP contribution in [0.15, 0.2) is 30.3 Å². The minimum Gasteiger partial charge on any atom is -0.444 e. The van der Waals surface area contributed by atoms with E-state index in [2.05, 4.69) is 20.8 Å². The third kappa shape index (κ3) is 5.17. The Morgan fingerprint density at radius 1 is 1.09 bits per heavy atom. The van der Waals surface area contributed by atoms with E-state index in [1.807, 2.05) is 0 Å². The molecule has 23 heavy (non-hydrogen) atoms. The Hall–Kier alpha value is -2.77. The van der Waals surface area contributed by atoms with Gasteiger partial charge in [0.15, 0.2) is 11.6 Å². The fourth-order valence-corrected chi connectivity index (χ4v) is 1.60. The van der Waals surface area contributed by atoms with Gasteiger partial charge in [-0.25, -0.2) is 13.6 Å². The van der Waals surface area contributed by atoms with Crippen LogP contribution in [0.3, 0.4) is 0 Å². The number of carbonyl (C=O) groups is 1. The summed E-state index contributed by atoms with van der Waals surface area (Å²) in [5.41, 5.74) is -0.562. The van der Waals surface area contributed by atoms with Gasteiger partial charge in [-0.3, -0.25) is 5.32 Å². The summed E-state index contributed by atoms with van der Waals surface area (Å²) in [6, 6.07) is 6.09. The highest BCUT2D eigenvalue weighted by molar-refractivity contribution is 5.83. The average Bonchev–Trinajstić information content (AvgIpc) is 2.42. The average molecular weight is 322 g/mol. The molecule has 0 spiro atoms. The molecule has 0 fully saturated rings. The minimum absolute atomic E-state index is 0.0635. The van der Waals surface area contributed by atoms with Crippen LogP contribution in [0, 0.1) is 11.6 Å². The predicted octanol–water partition coefficient (Wildman–Crippen LogP) is 3.85. The molecule has 2 rings (SSSR count). The van der Waals surface area contributed by atoms with Crippen molar-refractivity contribution in [2.24, 2.45) is 0 Å². The van der Waals surface area contributed by atoms with Crippen molar-refractivity contribution in [2.75, 3.05) is 10.6 Å². The van der Waals surface area contributed by atoms with E-state index >= 15 is 0 Å². The van der Waals surface area contributed by atoms with E-state index in [1.54, 1.807) is 20.8 Å². The van der Waals surface area contributed by atoms with E-state index in [-0.39, 0.29) is 17.3 Å². The second-order valence-electron chi connectivity index (χ2n) is 5.68. The van der Waals surface area contributed by atoms with Gasteiger partial charge in [0.1, 0.15) is 17.2 Å². The summed E-state index contributed by atoms with van der Waals surface area (Å²) in [6.07, 6.45) is -0.655. The number of hydrogen-bond acceptors (Lipinski definition) is 5. The smallest absolute Gasteiger partial charge is 0.413 e. The first-order valence-electron chi connectivity index (χ1n) is 6.79. The predicted molar refractivity (Wildman–Crippen MR) is 81.5 cm³/mol. The second-order valence-corrected chi connectivity index (χ2v) is 5.68. The number of carbonyl (C=O) groups excluding carboxylic acids is 1. The molecular weight excluding hydrogens is 306 g/mol. The monoisotopic (exact) mass is 322 g/mol. The highest BCUT2D eigenvalue weighted by Crippen LogP contribution is 2.19. The number of rotatable bonds is 3. The Balaban J connectivity index is 2.01. The number of nitrogens with zero attached hydrogens (tertiary/aromatic N) is 2. The Kier molecular flexibility index (Phi) is 4.73. The zero-order valence-electron chi connectivity index (χ0n) is 12.9. The molecule has 0 aliphatic carbocycles. The lowest BCUT2D eigenvalue weighted by atomic mass is 10.2. The highest BCUT2D eigenvalue weighted by atomic mass is 19.1. The molecule has 1 heterocycles. The van der Waals surface area contributed by atoms with Crippen molar-refractivity contribution in [3.8, 4) is 0 Å². The zero-order chi connectivity index (χ0) is 17.0. The maximum atomic E-state index is 13.5. The number of amides is 1. The summed E-state index contributed by atoms with van der Waals surface area (Å²) in [7, 11) is 0. The molecule has 0 saturated carbocycles. The quantitative estimate of drug-likeness (QED) is 0.898. The van der Waals surface area contributed by atoms with Crippen LogP contribution in [0.2, 0.25) is 0 Å². The SMILES string of the molecule is CC(C)(C)OC(=O)Nc1ccc(Nc2ccc(F)cc2F)nn1. The molecule has 0 bridgehead atoms. The lowest BCUT2D eigenvalue weighted by molar-refractivity contribution is 0.0635. The summed E-state index contributed by atoms with van der Waals surface area (Å²) in [6.45, 7) is 5.22. The molecule has 2 aromatic rings. The van der Waals surface area contributed by atoms with Crippen molar-refractivity contribution in [3.63, 3.8) is 0 Å². The van der Waals surface area contributed by atoms with Crippen LogP contribution >= 0.6 is 0 Å². The molecule has 8 heteroatoms. The lowest BCUT2D eigenvalue weighted by Crippen LogP contribution is -2.27. The van der Waals surface area contributed by atoms with Crippen LogP contribution in [0.25, 0.3) is 0 Å². The number of ether oxygens (including phenoxy) is 1. The maximum Gasteiger partial charge on any atom is 0.413 e. The van der Waals surface area contributed by atoms with Crippen molar-refractivity contribution in [2.45, 2.75) is 26.4 Å². The molecule has 1 amide bonds. The van der Waals surface area contributed by atoms with Crippen LogP contribution in [0.1, 0.15) is 20.8 Å². The minimum atomic E-state index is -0.747. The van der Waals surface area contributed by atoms with Crippen molar-refractivity contribution in [3.05, 3.63) is 42.0 Å². The molecule has 0 unspecified atom stereocenters. The summed E-state index contributed by atoms with van der Waals surface area (Å²) >= 11 is 0. The molecule has 122 valence electrons. The van der Waals surface area contributed by atoms with Gasteiger partial charge < -0.3 is 10.1 Å². The molecule has 0 atom stereocenters. The van der Waals surface area contributed by atoms with Gasteiger partial charge in [0.2, 0.25) is 0 Å². The van der Waals surface area contributed by atoms with Crippen LogP contribution in [0.4, 0.5) is 30.9 Å². The number of anilines is 3. The fourth-order valence-electron chi connectivity index (χ4n) is 1.60. The van der Waals surface area contributed by atoms with Gasteiger partial charge in [-0.2, -0.15) is 0 Å². The van der Waals surface area contributed by atoms with E-state index in [4.69, 9.17) is 4.74 Å². The first-order valence-corrected chi connectivity index (χ1v) is 6.79. The Labute approximate surface area is 131 Å². The third-order valence-corrected chi connectivity index (χ3v) is 2.49. The standard InChI is InChI=1S/C15H16F2N4O2/c1-15(2,3)23-14(22)19-13-7-6-12(20-21-13)18-11-5-4-9(16)8-10(11)17/h4-8H,1-3H3,(H,18,20)(H,19,21,22). The molecular formula is C15H16F2N4O2. The zero-order valence-corrected chi connectivity index (χ0v) is 12.9. The topological polar surface area (TPSA) is 76.1 Å². The molecule has 0 aliphatic heterocycles. The van der Waals surface area contributed by atoms with Crippen molar-refractivity contribution < 1.29 is 18.3 Å². The summed E-state index contributed by atoms with van der Waals surface area (Å²) in [4.78, 5) is 11.6. The highest BCUT2D eigenvalue weighted by Gasteiger charge is 2.16. The Morgan fingerprint density at radius 3 is 2.30 bits per heavy atom. The van der Waals surface area contributed by atoms with Gasteiger partial charge in [-0.05, 0) is 45.0 Å². The van der Waals surface area contributed by atoms with E-state index in [0.717, 1.165) is 12.1 Å². The van der Waals surface area contributed by atoms with Gasteiger partial charge in [-0.15, -0.1) is 10.2 Å². The molecule has 6 nitrogen and oxygen atoms in total. The molecule has 0 saturated heterocycles. The summed E-state index contributed by atoms with van der Waals surface area (Å²) in [5.74, 6) is -0.992. The van der Waals surface area contributed by atoms with Crippen molar-refractivity contribution in [1.82, 2.24) is 10.2 Å². The number of hydrogen-bond donors (Lipinski definition) is 2. The van der Waals surface area contributed by atoms with Gasteiger partial charge in [0.25, 0.3) is 0 Å². The van der Waals surface area contributed by atoms with Gasteiger partial charge >= 0.3 is 6.09 Å². The first kappa shape index (κ1) is 16.6.